The SMILES string of the molecule is CNCCC=Cc1cc(OC)c(OC)cc1C(=O)O. The van der Waals surface area contributed by atoms with E-state index in [1.807, 2.05) is 13.1 Å². The summed E-state index contributed by atoms with van der Waals surface area (Å²) in [6.45, 7) is 0.839. The zero-order valence-electron chi connectivity index (χ0n) is 11.4. The van der Waals surface area contributed by atoms with E-state index in [2.05, 4.69) is 5.32 Å². The third kappa shape index (κ3) is 3.99. The third-order valence-electron chi connectivity index (χ3n) is 2.64. The first-order valence-electron chi connectivity index (χ1n) is 5.94. The van der Waals surface area contributed by atoms with Crippen LogP contribution in [0, 0.1) is 0 Å². The van der Waals surface area contributed by atoms with Gasteiger partial charge in [0.1, 0.15) is 0 Å². The van der Waals surface area contributed by atoms with E-state index < -0.39 is 5.97 Å². The third-order valence-corrected chi connectivity index (χ3v) is 2.64. The summed E-state index contributed by atoms with van der Waals surface area (Å²) in [6.07, 6.45) is 4.52. The van der Waals surface area contributed by atoms with E-state index in [0.29, 0.717) is 17.1 Å². The molecule has 1 aromatic rings. The monoisotopic (exact) mass is 265 g/mol. The van der Waals surface area contributed by atoms with Gasteiger partial charge in [-0.1, -0.05) is 12.2 Å². The number of ether oxygens (including phenoxy) is 2. The topological polar surface area (TPSA) is 67.8 Å². The first-order valence-corrected chi connectivity index (χ1v) is 5.94. The molecule has 0 unspecified atom stereocenters. The predicted octanol–water partition coefficient (Wildman–Crippen LogP) is 2.02. The molecule has 0 saturated carbocycles. The smallest absolute Gasteiger partial charge is 0.336 e. The second kappa shape index (κ2) is 7.43. The largest absolute Gasteiger partial charge is 0.493 e. The van der Waals surface area contributed by atoms with E-state index in [0.717, 1.165) is 13.0 Å². The minimum atomic E-state index is -0.991. The Morgan fingerprint density at radius 1 is 1.32 bits per heavy atom. The van der Waals surface area contributed by atoms with Gasteiger partial charge in [-0.3, -0.25) is 0 Å². The fraction of sp³-hybridized carbons (Fsp3) is 0.357. The number of methoxy groups -OCH3 is 2. The lowest BCUT2D eigenvalue weighted by Crippen LogP contribution is -2.06. The zero-order valence-corrected chi connectivity index (χ0v) is 11.4. The van der Waals surface area contributed by atoms with Crippen LogP contribution in [-0.2, 0) is 0 Å². The summed E-state index contributed by atoms with van der Waals surface area (Å²) in [4.78, 5) is 11.2. The lowest BCUT2D eigenvalue weighted by molar-refractivity contribution is 0.0696. The Hall–Kier alpha value is -2.01. The Morgan fingerprint density at radius 2 is 1.95 bits per heavy atom. The zero-order chi connectivity index (χ0) is 14.3. The predicted molar refractivity (Wildman–Crippen MR) is 74.1 cm³/mol. The molecule has 1 aromatic carbocycles. The van der Waals surface area contributed by atoms with Crippen LogP contribution >= 0.6 is 0 Å². The van der Waals surface area contributed by atoms with Gasteiger partial charge < -0.3 is 19.9 Å². The Kier molecular flexibility index (Phi) is 5.89. The van der Waals surface area contributed by atoms with Gasteiger partial charge in [0.15, 0.2) is 11.5 Å². The maximum Gasteiger partial charge on any atom is 0.336 e. The first kappa shape index (κ1) is 15.0. The highest BCUT2D eigenvalue weighted by molar-refractivity contribution is 5.93. The van der Waals surface area contributed by atoms with E-state index in [4.69, 9.17) is 9.47 Å². The van der Waals surface area contributed by atoms with Crippen LogP contribution in [0.4, 0.5) is 0 Å². The molecule has 5 nitrogen and oxygen atoms in total. The number of hydrogen-bond donors (Lipinski definition) is 2. The summed E-state index contributed by atoms with van der Waals surface area (Å²) in [5.41, 5.74) is 0.791. The molecule has 0 bridgehead atoms. The molecule has 0 saturated heterocycles. The van der Waals surface area contributed by atoms with Gasteiger partial charge in [0.2, 0.25) is 0 Å². The van der Waals surface area contributed by atoms with Crippen molar-refractivity contribution in [3.8, 4) is 11.5 Å². The maximum atomic E-state index is 11.2. The number of nitrogens with one attached hydrogen (secondary N) is 1. The number of carbonyl (C=O) groups is 1. The molecular weight excluding hydrogens is 246 g/mol. The summed E-state index contributed by atoms with van der Waals surface area (Å²) in [6, 6.07) is 3.14. The van der Waals surface area contributed by atoms with Crippen molar-refractivity contribution in [2.45, 2.75) is 6.42 Å². The van der Waals surface area contributed by atoms with Gasteiger partial charge >= 0.3 is 5.97 Å². The van der Waals surface area contributed by atoms with Crippen LogP contribution in [0.15, 0.2) is 18.2 Å². The van der Waals surface area contributed by atoms with Gasteiger partial charge in [0, 0.05) is 0 Å². The number of aromatic carboxylic acids is 1. The van der Waals surface area contributed by atoms with Gasteiger partial charge in [-0.25, -0.2) is 4.79 Å². The molecular formula is C14H19NO4. The molecule has 0 heterocycles. The molecule has 0 aromatic heterocycles. The summed E-state index contributed by atoms with van der Waals surface area (Å²) in [5.74, 6) is -0.0674. The molecule has 5 heteroatoms. The van der Waals surface area contributed by atoms with Crippen molar-refractivity contribution in [2.75, 3.05) is 27.8 Å². The lowest BCUT2D eigenvalue weighted by Gasteiger charge is -2.10. The second-order valence-corrected chi connectivity index (χ2v) is 3.89. The van der Waals surface area contributed by atoms with Crippen molar-refractivity contribution in [1.29, 1.82) is 0 Å². The minimum absolute atomic E-state index is 0.193. The van der Waals surface area contributed by atoms with Crippen molar-refractivity contribution in [1.82, 2.24) is 5.32 Å². The number of carboxylic acid groups (broad SMARTS) is 1. The van der Waals surface area contributed by atoms with Crippen LogP contribution < -0.4 is 14.8 Å². The summed E-state index contributed by atoms with van der Waals surface area (Å²) in [5, 5.41) is 12.2. The average Bonchev–Trinajstić information content (AvgIpc) is 2.42. The number of carboxylic acids is 1. The van der Waals surface area contributed by atoms with Gasteiger partial charge in [0.05, 0.1) is 19.8 Å². The van der Waals surface area contributed by atoms with E-state index >= 15 is 0 Å². The molecule has 104 valence electrons. The molecule has 0 radical (unpaired) electrons. The Bertz CT molecular complexity index is 469. The molecule has 19 heavy (non-hydrogen) atoms. The standard InChI is InChI=1S/C14H19NO4/c1-15-7-5-4-6-10-8-12(18-2)13(19-3)9-11(10)14(16)17/h4,6,8-9,15H,5,7H2,1-3H3,(H,16,17). The van der Waals surface area contributed by atoms with Gasteiger partial charge in [0.25, 0.3) is 0 Å². The molecule has 0 aliphatic rings. The molecule has 0 spiro atoms. The van der Waals surface area contributed by atoms with E-state index in [1.165, 1.54) is 20.3 Å². The van der Waals surface area contributed by atoms with Crippen LogP contribution in [-0.4, -0.2) is 38.9 Å². The quantitative estimate of drug-likeness (QED) is 0.738. The molecule has 0 fully saturated rings. The molecule has 0 aliphatic carbocycles. The minimum Gasteiger partial charge on any atom is -0.493 e. The summed E-state index contributed by atoms with van der Waals surface area (Å²) in [7, 11) is 4.87. The highest BCUT2D eigenvalue weighted by atomic mass is 16.5. The van der Waals surface area contributed by atoms with Crippen molar-refractivity contribution >= 4 is 12.0 Å². The Morgan fingerprint density at radius 3 is 2.47 bits per heavy atom. The van der Waals surface area contributed by atoms with Gasteiger partial charge in [-0.05, 0) is 37.7 Å². The fourth-order valence-corrected chi connectivity index (χ4v) is 1.66. The fourth-order valence-electron chi connectivity index (χ4n) is 1.66. The van der Waals surface area contributed by atoms with Crippen LogP contribution in [0.3, 0.4) is 0 Å². The van der Waals surface area contributed by atoms with Crippen LogP contribution in [0.5, 0.6) is 11.5 Å². The Balaban J connectivity index is 3.12. The van der Waals surface area contributed by atoms with Crippen LogP contribution in [0.2, 0.25) is 0 Å². The lowest BCUT2D eigenvalue weighted by atomic mass is 10.1. The van der Waals surface area contributed by atoms with Gasteiger partial charge in [-0.2, -0.15) is 0 Å². The van der Waals surface area contributed by atoms with Crippen LogP contribution in [0.1, 0.15) is 22.3 Å². The summed E-state index contributed by atoms with van der Waals surface area (Å²) < 4.78 is 10.3. The van der Waals surface area contributed by atoms with E-state index in [9.17, 15) is 9.90 Å². The van der Waals surface area contributed by atoms with E-state index in [1.54, 1.807) is 12.1 Å². The number of rotatable bonds is 7. The van der Waals surface area contributed by atoms with Gasteiger partial charge in [-0.15, -0.1) is 0 Å². The summed E-state index contributed by atoms with van der Waals surface area (Å²) >= 11 is 0. The highest BCUT2D eigenvalue weighted by Gasteiger charge is 2.14. The van der Waals surface area contributed by atoms with E-state index in [-0.39, 0.29) is 5.56 Å². The Labute approximate surface area is 112 Å². The second-order valence-electron chi connectivity index (χ2n) is 3.89. The molecule has 0 amide bonds. The molecule has 1 rings (SSSR count). The molecule has 0 atom stereocenters. The van der Waals surface area contributed by atoms with Crippen molar-refractivity contribution in [2.24, 2.45) is 0 Å². The van der Waals surface area contributed by atoms with Crippen LogP contribution in [0.25, 0.3) is 6.08 Å². The van der Waals surface area contributed by atoms with Crippen molar-refractivity contribution in [3.63, 3.8) is 0 Å². The normalized spacial score (nSPS) is 10.7. The maximum absolute atomic E-state index is 11.2. The molecule has 2 N–H and O–H groups in total. The van der Waals surface area contributed by atoms with Crippen molar-refractivity contribution < 1.29 is 19.4 Å². The van der Waals surface area contributed by atoms with Crippen molar-refractivity contribution in [3.05, 3.63) is 29.3 Å². The molecule has 0 aliphatic heterocycles. The highest BCUT2D eigenvalue weighted by Crippen LogP contribution is 2.31. The first-order chi connectivity index (χ1) is 9.13. The average molecular weight is 265 g/mol. The number of hydrogen-bond acceptors (Lipinski definition) is 4. The number of benzene rings is 1.